The molecule has 1 fully saturated rings. The Hall–Kier alpha value is -3.64. The van der Waals surface area contributed by atoms with Crippen molar-refractivity contribution in [1.29, 1.82) is 0 Å². The van der Waals surface area contributed by atoms with E-state index in [9.17, 15) is 0 Å². The van der Waals surface area contributed by atoms with Crippen LogP contribution in [-0.4, -0.2) is 21.8 Å². The number of ether oxygens (including phenoxy) is 1. The van der Waals surface area contributed by atoms with Crippen LogP contribution in [0.3, 0.4) is 0 Å². The quantitative estimate of drug-likeness (QED) is 0.423. The number of hydrogen-bond acceptors (Lipinski definition) is 3. The summed E-state index contributed by atoms with van der Waals surface area (Å²) in [6.45, 7) is 2.13. The fourth-order valence-electron chi connectivity index (χ4n) is 4.41. The van der Waals surface area contributed by atoms with E-state index in [-0.39, 0.29) is 12.1 Å². The van der Waals surface area contributed by atoms with E-state index >= 15 is 0 Å². The number of nitrogens with zero attached hydrogens (tertiary/aromatic N) is 3. The minimum atomic E-state index is -0.105. The maximum absolute atomic E-state index is 5.86. The molecule has 2 aromatic carbocycles. The maximum atomic E-state index is 5.86. The predicted octanol–water partition coefficient (Wildman–Crippen LogP) is 5.37. The zero-order valence-electron chi connectivity index (χ0n) is 18.0. The van der Waals surface area contributed by atoms with Crippen molar-refractivity contribution in [3.8, 4) is 11.4 Å². The molecule has 4 aromatic rings. The molecule has 0 saturated carbocycles. The molecular weight excluding hydrogens is 416 g/mol. The van der Waals surface area contributed by atoms with Gasteiger partial charge < -0.3 is 19.5 Å². The molecule has 0 radical (unpaired) electrons. The number of hydrogen-bond donors (Lipinski definition) is 1. The topological polar surface area (TPSA) is 42.3 Å². The van der Waals surface area contributed by atoms with Gasteiger partial charge >= 0.3 is 0 Å². The molecular formula is C26H24N4OS. The SMILES string of the molecule is COc1cccc(N2C(=S)N[C@H](c3ccccn3)[C@@H]2c2ccc(C)n2-c2ccccc2)c1. The summed E-state index contributed by atoms with van der Waals surface area (Å²) in [5, 5.41) is 4.20. The highest BCUT2D eigenvalue weighted by Gasteiger charge is 2.42. The van der Waals surface area contributed by atoms with Crippen molar-refractivity contribution in [2.75, 3.05) is 12.0 Å². The Kier molecular flexibility index (Phi) is 5.37. The van der Waals surface area contributed by atoms with Crippen molar-refractivity contribution in [1.82, 2.24) is 14.9 Å². The first-order valence-corrected chi connectivity index (χ1v) is 11.0. The number of aryl methyl sites for hydroxylation is 1. The van der Waals surface area contributed by atoms with Crippen LogP contribution >= 0.6 is 12.2 Å². The summed E-state index contributed by atoms with van der Waals surface area (Å²) in [6, 6.07) is 28.6. The molecule has 1 N–H and O–H groups in total. The van der Waals surface area contributed by atoms with Gasteiger partial charge in [-0.3, -0.25) is 4.98 Å². The molecule has 5 nitrogen and oxygen atoms in total. The van der Waals surface area contributed by atoms with Gasteiger partial charge in [0.1, 0.15) is 11.8 Å². The molecule has 0 amide bonds. The number of thiocarbonyl (C=S) groups is 1. The molecule has 32 heavy (non-hydrogen) atoms. The number of benzene rings is 2. The van der Waals surface area contributed by atoms with E-state index in [2.05, 4.69) is 69.2 Å². The molecule has 6 heteroatoms. The third-order valence-electron chi connectivity index (χ3n) is 5.85. The summed E-state index contributed by atoms with van der Waals surface area (Å²) in [7, 11) is 1.68. The Labute approximate surface area is 193 Å². The lowest BCUT2D eigenvalue weighted by molar-refractivity contribution is 0.414. The van der Waals surface area contributed by atoms with Crippen LogP contribution in [0.2, 0.25) is 0 Å². The number of nitrogens with one attached hydrogen (secondary N) is 1. The van der Waals surface area contributed by atoms with Crippen LogP contribution in [0.15, 0.2) is 91.1 Å². The van der Waals surface area contributed by atoms with Gasteiger partial charge in [0.25, 0.3) is 0 Å². The molecule has 1 aliphatic rings. The van der Waals surface area contributed by atoms with Crippen molar-refractivity contribution >= 4 is 23.0 Å². The van der Waals surface area contributed by atoms with E-state index in [1.165, 1.54) is 0 Å². The van der Waals surface area contributed by atoms with Gasteiger partial charge in [-0.05, 0) is 67.7 Å². The molecule has 0 unspecified atom stereocenters. The second-order valence-corrected chi connectivity index (χ2v) is 8.16. The van der Waals surface area contributed by atoms with Crippen LogP contribution in [0.1, 0.15) is 29.2 Å². The lowest BCUT2D eigenvalue weighted by Gasteiger charge is -2.29. The van der Waals surface area contributed by atoms with Crippen LogP contribution in [-0.2, 0) is 0 Å². The summed E-state index contributed by atoms with van der Waals surface area (Å²) in [6.07, 6.45) is 1.83. The highest BCUT2D eigenvalue weighted by atomic mass is 32.1. The lowest BCUT2D eigenvalue weighted by Crippen LogP contribution is -2.30. The van der Waals surface area contributed by atoms with Gasteiger partial charge in [0.15, 0.2) is 5.11 Å². The number of aromatic nitrogens is 2. The first-order valence-electron chi connectivity index (χ1n) is 10.6. The van der Waals surface area contributed by atoms with E-state index in [0.29, 0.717) is 5.11 Å². The van der Waals surface area contributed by atoms with Crippen molar-refractivity contribution < 1.29 is 4.74 Å². The minimum Gasteiger partial charge on any atom is -0.497 e. The zero-order chi connectivity index (χ0) is 22.1. The second kappa shape index (κ2) is 8.48. The molecule has 0 spiro atoms. The molecule has 1 saturated heterocycles. The van der Waals surface area contributed by atoms with Gasteiger partial charge in [-0.1, -0.05) is 30.3 Å². The van der Waals surface area contributed by atoms with Crippen molar-refractivity contribution in [2.45, 2.75) is 19.0 Å². The lowest BCUT2D eigenvalue weighted by atomic mass is 10.0. The number of rotatable bonds is 5. The largest absolute Gasteiger partial charge is 0.497 e. The Morgan fingerprint density at radius 2 is 1.69 bits per heavy atom. The van der Waals surface area contributed by atoms with Crippen LogP contribution in [0, 0.1) is 6.92 Å². The first kappa shape index (κ1) is 20.3. The predicted molar refractivity (Wildman–Crippen MR) is 131 cm³/mol. The number of para-hydroxylation sites is 1. The third kappa shape index (κ3) is 3.52. The Balaban J connectivity index is 1.70. The molecule has 1 aliphatic heterocycles. The van der Waals surface area contributed by atoms with Crippen molar-refractivity contribution in [3.05, 3.63) is 108 Å². The molecule has 5 rings (SSSR count). The van der Waals surface area contributed by atoms with Gasteiger partial charge in [-0.15, -0.1) is 0 Å². The van der Waals surface area contributed by atoms with Crippen LogP contribution in [0.25, 0.3) is 5.69 Å². The fourth-order valence-corrected chi connectivity index (χ4v) is 4.76. The number of pyridine rings is 1. The first-order chi connectivity index (χ1) is 15.7. The van der Waals surface area contributed by atoms with Gasteiger partial charge in [-0.2, -0.15) is 0 Å². The number of anilines is 1. The summed E-state index contributed by atoms with van der Waals surface area (Å²) in [4.78, 5) is 6.83. The third-order valence-corrected chi connectivity index (χ3v) is 6.17. The van der Waals surface area contributed by atoms with Crippen LogP contribution in [0.5, 0.6) is 5.75 Å². The van der Waals surface area contributed by atoms with Crippen LogP contribution < -0.4 is 15.0 Å². The maximum Gasteiger partial charge on any atom is 0.174 e. The highest BCUT2D eigenvalue weighted by molar-refractivity contribution is 7.80. The van der Waals surface area contributed by atoms with Gasteiger partial charge in [0, 0.05) is 35.0 Å². The van der Waals surface area contributed by atoms with Gasteiger partial charge in [0.05, 0.1) is 18.8 Å². The molecule has 160 valence electrons. The average Bonchev–Trinajstić information content (AvgIpc) is 3.39. The zero-order valence-corrected chi connectivity index (χ0v) is 18.8. The second-order valence-electron chi connectivity index (χ2n) is 7.77. The minimum absolute atomic E-state index is 0.0987. The normalized spacial score (nSPS) is 17.9. The van der Waals surface area contributed by atoms with E-state index in [1.54, 1.807) is 7.11 Å². The van der Waals surface area contributed by atoms with Crippen molar-refractivity contribution in [2.24, 2.45) is 0 Å². The van der Waals surface area contributed by atoms with E-state index < -0.39 is 0 Å². The van der Waals surface area contributed by atoms with E-state index in [0.717, 1.165) is 34.2 Å². The Morgan fingerprint density at radius 1 is 0.906 bits per heavy atom. The summed E-state index contributed by atoms with van der Waals surface area (Å²) >= 11 is 5.86. The molecule has 0 aliphatic carbocycles. The molecule has 0 bridgehead atoms. The van der Waals surface area contributed by atoms with Gasteiger partial charge in [-0.25, -0.2) is 0 Å². The van der Waals surface area contributed by atoms with Crippen LogP contribution in [0.4, 0.5) is 5.69 Å². The van der Waals surface area contributed by atoms with E-state index in [4.69, 9.17) is 17.0 Å². The Morgan fingerprint density at radius 3 is 2.44 bits per heavy atom. The summed E-state index contributed by atoms with van der Waals surface area (Å²) in [5.74, 6) is 0.792. The monoisotopic (exact) mass is 440 g/mol. The average molecular weight is 441 g/mol. The molecule has 3 heterocycles. The molecule has 2 aromatic heterocycles. The highest BCUT2D eigenvalue weighted by Crippen LogP contribution is 2.43. The summed E-state index contributed by atoms with van der Waals surface area (Å²) < 4.78 is 7.79. The standard InChI is InChI=1S/C26H24N4OS/c1-18-14-15-23(29(18)19-9-4-3-5-10-19)25-24(22-13-6-7-16-27-22)28-26(32)30(25)20-11-8-12-21(17-20)31-2/h3-17,24-25H,1-2H3,(H,28,32)/t24-,25+/m1/s1. The van der Waals surface area contributed by atoms with Crippen molar-refractivity contribution in [3.63, 3.8) is 0 Å². The summed E-state index contributed by atoms with van der Waals surface area (Å²) in [5.41, 5.74) is 5.34. The smallest absolute Gasteiger partial charge is 0.174 e. The van der Waals surface area contributed by atoms with Gasteiger partial charge in [0.2, 0.25) is 0 Å². The Bertz CT molecular complexity index is 1240. The fraction of sp³-hybridized carbons (Fsp3) is 0.154. The number of methoxy groups -OCH3 is 1. The molecule has 2 atom stereocenters. The van der Waals surface area contributed by atoms with E-state index in [1.807, 2.05) is 48.7 Å².